The van der Waals surface area contributed by atoms with E-state index in [0.29, 0.717) is 19.8 Å². The van der Waals surface area contributed by atoms with Gasteiger partial charge in [-0.2, -0.15) is 0 Å². The van der Waals surface area contributed by atoms with Crippen LogP contribution in [0.5, 0.6) is 5.06 Å². The molecule has 68 valence electrons. The van der Waals surface area contributed by atoms with Crippen molar-refractivity contribution in [3.8, 4) is 5.06 Å². The zero-order chi connectivity index (χ0) is 8.65. The smallest absolute Gasteiger partial charge is 0.173 e. The van der Waals surface area contributed by atoms with Crippen molar-refractivity contribution in [1.82, 2.24) is 0 Å². The molecule has 1 aromatic heterocycles. The maximum Gasteiger partial charge on any atom is 0.173 e. The molecule has 3 nitrogen and oxygen atoms in total. The van der Waals surface area contributed by atoms with Gasteiger partial charge in [-0.05, 0) is 17.5 Å². The predicted octanol–water partition coefficient (Wildman–Crippen LogP) is 1.14. The molecule has 1 rings (SSSR count). The Bertz CT molecular complexity index is 186. The van der Waals surface area contributed by atoms with Crippen LogP contribution < -0.4 is 4.74 Å². The summed E-state index contributed by atoms with van der Waals surface area (Å²) in [7, 11) is 0. The molecule has 0 aliphatic carbocycles. The third-order valence-corrected chi connectivity index (χ3v) is 1.98. The fourth-order valence-electron chi connectivity index (χ4n) is 0.713. The van der Waals surface area contributed by atoms with Gasteiger partial charge in [-0.1, -0.05) is 0 Å². The molecule has 0 aromatic carbocycles. The van der Waals surface area contributed by atoms with E-state index in [0.717, 1.165) is 5.06 Å². The highest BCUT2D eigenvalue weighted by Gasteiger charge is 1.92. The number of ether oxygens (including phenoxy) is 2. The van der Waals surface area contributed by atoms with Gasteiger partial charge in [0.15, 0.2) is 5.06 Å². The number of rotatable bonds is 6. The lowest BCUT2D eigenvalue weighted by Gasteiger charge is -2.02. The number of aliphatic hydroxyl groups is 1. The highest BCUT2D eigenvalue weighted by Crippen LogP contribution is 2.17. The van der Waals surface area contributed by atoms with E-state index in [9.17, 15) is 0 Å². The van der Waals surface area contributed by atoms with E-state index in [-0.39, 0.29) is 6.61 Å². The molecule has 0 unspecified atom stereocenters. The minimum Gasteiger partial charge on any atom is -0.482 e. The van der Waals surface area contributed by atoms with Gasteiger partial charge in [0.2, 0.25) is 0 Å². The Morgan fingerprint density at radius 3 is 2.92 bits per heavy atom. The summed E-state index contributed by atoms with van der Waals surface area (Å²) in [6.07, 6.45) is 0. The van der Waals surface area contributed by atoms with Crippen LogP contribution in [0.15, 0.2) is 17.5 Å². The topological polar surface area (TPSA) is 38.7 Å². The quantitative estimate of drug-likeness (QED) is 0.680. The molecular formula is C8H12O3S. The van der Waals surface area contributed by atoms with Crippen LogP contribution in [0.2, 0.25) is 0 Å². The first-order valence-corrected chi connectivity index (χ1v) is 4.66. The average molecular weight is 188 g/mol. The van der Waals surface area contributed by atoms with Crippen molar-refractivity contribution in [2.45, 2.75) is 0 Å². The summed E-state index contributed by atoms with van der Waals surface area (Å²) in [5.74, 6) is 0. The lowest BCUT2D eigenvalue weighted by atomic mass is 10.6. The molecule has 0 fully saturated rings. The van der Waals surface area contributed by atoms with Crippen molar-refractivity contribution in [3.63, 3.8) is 0 Å². The van der Waals surface area contributed by atoms with E-state index >= 15 is 0 Å². The summed E-state index contributed by atoms with van der Waals surface area (Å²) in [5.41, 5.74) is 0. The summed E-state index contributed by atoms with van der Waals surface area (Å²) >= 11 is 1.56. The van der Waals surface area contributed by atoms with Crippen LogP contribution in [0, 0.1) is 0 Å². The average Bonchev–Trinajstić information content (AvgIpc) is 2.57. The van der Waals surface area contributed by atoms with Crippen LogP contribution in [0.25, 0.3) is 0 Å². The van der Waals surface area contributed by atoms with Gasteiger partial charge in [-0.15, -0.1) is 11.3 Å². The van der Waals surface area contributed by atoms with Crippen molar-refractivity contribution in [3.05, 3.63) is 17.5 Å². The molecule has 1 heterocycles. The van der Waals surface area contributed by atoms with Gasteiger partial charge in [0, 0.05) is 0 Å². The molecule has 1 aromatic rings. The van der Waals surface area contributed by atoms with Gasteiger partial charge < -0.3 is 14.6 Å². The largest absolute Gasteiger partial charge is 0.482 e. The molecule has 12 heavy (non-hydrogen) atoms. The highest BCUT2D eigenvalue weighted by molar-refractivity contribution is 7.11. The summed E-state index contributed by atoms with van der Waals surface area (Å²) in [6, 6.07) is 3.85. The van der Waals surface area contributed by atoms with Gasteiger partial charge in [0.05, 0.1) is 19.8 Å². The van der Waals surface area contributed by atoms with Crippen LogP contribution in [0.3, 0.4) is 0 Å². The Balaban J connectivity index is 1.96. The molecule has 0 bridgehead atoms. The van der Waals surface area contributed by atoms with Crippen molar-refractivity contribution in [1.29, 1.82) is 0 Å². The first-order chi connectivity index (χ1) is 5.93. The molecule has 0 atom stereocenters. The molecule has 0 radical (unpaired) electrons. The van der Waals surface area contributed by atoms with E-state index in [4.69, 9.17) is 14.6 Å². The van der Waals surface area contributed by atoms with Crippen molar-refractivity contribution >= 4 is 11.3 Å². The standard InChI is InChI=1S/C8H12O3S/c9-3-4-10-5-6-11-8-2-1-7-12-8/h1-2,7,9H,3-6H2. The third-order valence-electron chi connectivity index (χ3n) is 1.20. The Kier molecular flexibility index (Phi) is 4.75. The molecule has 0 saturated carbocycles. The zero-order valence-corrected chi connectivity index (χ0v) is 7.55. The summed E-state index contributed by atoms with van der Waals surface area (Å²) in [5, 5.41) is 11.3. The van der Waals surface area contributed by atoms with E-state index in [1.807, 2.05) is 17.5 Å². The Labute approximate surface area is 75.6 Å². The second kappa shape index (κ2) is 5.99. The maximum absolute atomic E-state index is 8.39. The first-order valence-electron chi connectivity index (χ1n) is 3.78. The Hall–Kier alpha value is -0.580. The van der Waals surface area contributed by atoms with E-state index in [1.165, 1.54) is 0 Å². The van der Waals surface area contributed by atoms with Crippen LogP contribution in [0.1, 0.15) is 0 Å². The number of hydrogen-bond acceptors (Lipinski definition) is 4. The second-order valence-corrected chi connectivity index (χ2v) is 3.03. The monoisotopic (exact) mass is 188 g/mol. The summed E-state index contributed by atoms with van der Waals surface area (Å²) < 4.78 is 10.3. The molecule has 4 heteroatoms. The number of hydrogen-bond donors (Lipinski definition) is 1. The van der Waals surface area contributed by atoms with Gasteiger partial charge in [-0.3, -0.25) is 0 Å². The molecule has 0 saturated heterocycles. The summed E-state index contributed by atoms with van der Waals surface area (Å²) in [4.78, 5) is 0. The number of thiophene rings is 1. The van der Waals surface area contributed by atoms with Crippen LogP contribution >= 0.6 is 11.3 Å². The summed E-state index contributed by atoms with van der Waals surface area (Å²) in [6.45, 7) is 1.52. The van der Waals surface area contributed by atoms with E-state index in [1.54, 1.807) is 11.3 Å². The zero-order valence-electron chi connectivity index (χ0n) is 6.73. The van der Waals surface area contributed by atoms with E-state index in [2.05, 4.69) is 0 Å². The van der Waals surface area contributed by atoms with Crippen LogP contribution in [0.4, 0.5) is 0 Å². The van der Waals surface area contributed by atoms with Gasteiger partial charge in [0.1, 0.15) is 6.61 Å². The van der Waals surface area contributed by atoms with Crippen molar-refractivity contribution in [2.24, 2.45) is 0 Å². The molecule has 0 aliphatic heterocycles. The van der Waals surface area contributed by atoms with Gasteiger partial charge >= 0.3 is 0 Å². The lowest BCUT2D eigenvalue weighted by molar-refractivity contribution is 0.0713. The third kappa shape index (κ3) is 3.71. The number of aliphatic hydroxyl groups excluding tert-OH is 1. The SMILES string of the molecule is OCCOCCOc1cccs1. The fourth-order valence-corrected chi connectivity index (χ4v) is 1.31. The van der Waals surface area contributed by atoms with Gasteiger partial charge in [-0.25, -0.2) is 0 Å². The van der Waals surface area contributed by atoms with Crippen molar-refractivity contribution < 1.29 is 14.6 Å². The fraction of sp³-hybridized carbons (Fsp3) is 0.500. The second-order valence-electron chi connectivity index (χ2n) is 2.12. The molecule has 1 N–H and O–H groups in total. The normalized spacial score (nSPS) is 10.1. The van der Waals surface area contributed by atoms with Crippen molar-refractivity contribution in [2.75, 3.05) is 26.4 Å². The minimum absolute atomic E-state index is 0.0685. The maximum atomic E-state index is 8.39. The Morgan fingerprint density at radius 2 is 2.25 bits per heavy atom. The minimum atomic E-state index is 0.0685. The van der Waals surface area contributed by atoms with Gasteiger partial charge in [0.25, 0.3) is 0 Å². The molecule has 0 amide bonds. The molecular weight excluding hydrogens is 176 g/mol. The van der Waals surface area contributed by atoms with Crippen LogP contribution in [-0.2, 0) is 4.74 Å². The highest BCUT2D eigenvalue weighted by atomic mass is 32.1. The van der Waals surface area contributed by atoms with E-state index < -0.39 is 0 Å². The lowest BCUT2D eigenvalue weighted by Crippen LogP contribution is -2.08. The molecule has 0 aliphatic rings. The Morgan fingerprint density at radius 1 is 1.33 bits per heavy atom. The predicted molar refractivity (Wildman–Crippen MR) is 47.7 cm³/mol. The molecule has 0 spiro atoms. The first kappa shape index (κ1) is 9.51. The van der Waals surface area contributed by atoms with Crippen LogP contribution in [-0.4, -0.2) is 31.5 Å².